The monoisotopic (exact) mass is 346 g/mol. The van der Waals surface area contributed by atoms with Crippen LogP contribution in [0.4, 0.5) is 9.80 Å². The minimum absolute atomic E-state index is 0.0102. The summed E-state index contributed by atoms with van der Waals surface area (Å²) in [4.78, 5) is 12.1. The van der Waals surface area contributed by atoms with Crippen LogP contribution in [0, 0.1) is 13.8 Å². The van der Waals surface area contributed by atoms with E-state index in [2.05, 4.69) is 27.2 Å². The Balaban J connectivity index is 1.72. The SMILES string of the molecule is Cc1cc(C)n(C(CNC(=O)Nc2cccs2)c2ccsc2)n1. The van der Waals surface area contributed by atoms with E-state index >= 15 is 0 Å². The molecule has 0 bridgehead atoms. The summed E-state index contributed by atoms with van der Waals surface area (Å²) in [6.45, 7) is 4.49. The van der Waals surface area contributed by atoms with E-state index in [0.717, 1.165) is 22.0 Å². The molecule has 7 heteroatoms. The van der Waals surface area contributed by atoms with Gasteiger partial charge in [0.15, 0.2) is 0 Å². The molecule has 120 valence electrons. The topological polar surface area (TPSA) is 59.0 Å². The van der Waals surface area contributed by atoms with Crippen LogP contribution in [0.3, 0.4) is 0 Å². The molecule has 3 rings (SSSR count). The number of hydrogen-bond donors (Lipinski definition) is 2. The molecule has 0 spiro atoms. The summed E-state index contributed by atoms with van der Waals surface area (Å²) < 4.78 is 1.98. The molecule has 3 aromatic heterocycles. The quantitative estimate of drug-likeness (QED) is 0.733. The molecule has 5 nitrogen and oxygen atoms in total. The predicted octanol–water partition coefficient (Wildman–Crippen LogP) is 4.03. The molecule has 0 saturated heterocycles. The lowest BCUT2D eigenvalue weighted by Crippen LogP contribution is -2.34. The lowest BCUT2D eigenvalue weighted by Gasteiger charge is -2.19. The van der Waals surface area contributed by atoms with E-state index in [9.17, 15) is 4.79 Å². The minimum Gasteiger partial charge on any atom is -0.335 e. The average Bonchev–Trinajstić information content (AvgIpc) is 3.23. The molecular formula is C16H18N4OS2. The highest BCUT2D eigenvalue weighted by Gasteiger charge is 2.18. The Kier molecular flexibility index (Phi) is 4.78. The van der Waals surface area contributed by atoms with Gasteiger partial charge in [-0.25, -0.2) is 4.79 Å². The third-order valence-corrected chi connectivity index (χ3v) is 4.97. The smallest absolute Gasteiger partial charge is 0.319 e. The van der Waals surface area contributed by atoms with Crippen molar-refractivity contribution in [3.05, 3.63) is 57.4 Å². The first-order valence-electron chi connectivity index (χ1n) is 7.26. The summed E-state index contributed by atoms with van der Waals surface area (Å²) in [6, 6.07) is 7.69. The summed E-state index contributed by atoms with van der Waals surface area (Å²) in [7, 11) is 0. The molecule has 1 atom stereocenters. The normalized spacial score (nSPS) is 12.1. The Morgan fingerprint density at radius 3 is 2.83 bits per heavy atom. The number of carbonyl (C=O) groups excluding carboxylic acids is 1. The van der Waals surface area contributed by atoms with E-state index in [-0.39, 0.29) is 12.1 Å². The second-order valence-electron chi connectivity index (χ2n) is 5.26. The molecule has 0 radical (unpaired) electrons. The number of amides is 2. The van der Waals surface area contributed by atoms with Gasteiger partial charge in [0.1, 0.15) is 0 Å². The van der Waals surface area contributed by atoms with Gasteiger partial charge in [0.25, 0.3) is 0 Å². The highest BCUT2D eigenvalue weighted by molar-refractivity contribution is 7.14. The zero-order chi connectivity index (χ0) is 16.2. The van der Waals surface area contributed by atoms with Crippen LogP contribution in [0.15, 0.2) is 40.4 Å². The molecule has 2 amide bonds. The fourth-order valence-corrected chi connectivity index (χ4v) is 3.79. The van der Waals surface area contributed by atoms with Gasteiger partial charge in [0.2, 0.25) is 0 Å². The number of nitrogens with one attached hydrogen (secondary N) is 2. The van der Waals surface area contributed by atoms with E-state index in [1.54, 1.807) is 11.3 Å². The van der Waals surface area contributed by atoms with Gasteiger partial charge in [-0.3, -0.25) is 10.00 Å². The van der Waals surface area contributed by atoms with E-state index < -0.39 is 0 Å². The molecule has 0 aliphatic carbocycles. The number of thiophene rings is 2. The van der Waals surface area contributed by atoms with Crippen LogP contribution >= 0.6 is 22.7 Å². The highest BCUT2D eigenvalue weighted by atomic mass is 32.1. The van der Waals surface area contributed by atoms with Crippen molar-refractivity contribution in [2.75, 3.05) is 11.9 Å². The number of urea groups is 1. The van der Waals surface area contributed by atoms with Gasteiger partial charge in [-0.2, -0.15) is 16.4 Å². The Hall–Kier alpha value is -2.12. The molecule has 23 heavy (non-hydrogen) atoms. The molecule has 0 aliphatic heterocycles. The third kappa shape index (κ3) is 3.80. The zero-order valence-corrected chi connectivity index (χ0v) is 14.6. The maximum Gasteiger partial charge on any atom is 0.319 e. The van der Waals surface area contributed by atoms with Crippen LogP contribution in [0.25, 0.3) is 0 Å². The zero-order valence-electron chi connectivity index (χ0n) is 12.9. The van der Waals surface area contributed by atoms with Gasteiger partial charge in [-0.05, 0) is 59.8 Å². The Morgan fingerprint density at radius 1 is 1.35 bits per heavy atom. The summed E-state index contributed by atoms with van der Waals surface area (Å²) in [5.74, 6) is 0. The Bertz CT molecular complexity index is 762. The van der Waals surface area contributed by atoms with Crippen molar-refractivity contribution in [1.29, 1.82) is 0 Å². The molecule has 0 saturated carbocycles. The maximum atomic E-state index is 12.1. The predicted molar refractivity (Wildman–Crippen MR) is 95.5 cm³/mol. The molecule has 2 N–H and O–H groups in total. The van der Waals surface area contributed by atoms with Crippen LogP contribution in [0.1, 0.15) is 23.0 Å². The first-order chi connectivity index (χ1) is 11.1. The first-order valence-corrected chi connectivity index (χ1v) is 9.09. The Labute approximate surface area is 143 Å². The van der Waals surface area contributed by atoms with Gasteiger partial charge in [0, 0.05) is 12.2 Å². The number of aryl methyl sites for hydroxylation is 2. The third-order valence-electron chi connectivity index (χ3n) is 3.48. The second kappa shape index (κ2) is 6.97. The van der Waals surface area contributed by atoms with Crippen molar-refractivity contribution in [3.63, 3.8) is 0 Å². The summed E-state index contributed by atoms with van der Waals surface area (Å²) >= 11 is 3.14. The van der Waals surface area contributed by atoms with Gasteiger partial charge < -0.3 is 5.32 Å². The molecular weight excluding hydrogens is 328 g/mol. The number of aromatic nitrogens is 2. The number of rotatable bonds is 5. The van der Waals surface area contributed by atoms with Crippen molar-refractivity contribution in [2.24, 2.45) is 0 Å². The largest absolute Gasteiger partial charge is 0.335 e. The van der Waals surface area contributed by atoms with Crippen LogP contribution < -0.4 is 10.6 Å². The van der Waals surface area contributed by atoms with E-state index in [1.807, 2.05) is 47.5 Å². The molecule has 0 fully saturated rings. The van der Waals surface area contributed by atoms with Gasteiger partial charge >= 0.3 is 6.03 Å². The van der Waals surface area contributed by atoms with Crippen LogP contribution in [-0.2, 0) is 0 Å². The van der Waals surface area contributed by atoms with E-state index in [4.69, 9.17) is 0 Å². The van der Waals surface area contributed by atoms with E-state index in [1.165, 1.54) is 11.3 Å². The number of carbonyl (C=O) groups is 1. The number of hydrogen-bond acceptors (Lipinski definition) is 4. The van der Waals surface area contributed by atoms with Gasteiger partial charge in [-0.15, -0.1) is 11.3 Å². The van der Waals surface area contributed by atoms with Crippen molar-refractivity contribution in [2.45, 2.75) is 19.9 Å². The standard InChI is InChI=1S/C16H18N4OS2/c1-11-8-12(2)20(19-11)14(13-5-7-22-10-13)9-17-16(21)18-15-4-3-6-23-15/h3-8,10,14H,9H2,1-2H3,(H2,17,18,21). The maximum absolute atomic E-state index is 12.1. The fraction of sp³-hybridized carbons (Fsp3) is 0.250. The lowest BCUT2D eigenvalue weighted by molar-refractivity contribution is 0.250. The number of anilines is 1. The first kappa shape index (κ1) is 15.8. The minimum atomic E-state index is -0.200. The van der Waals surface area contributed by atoms with Crippen LogP contribution in [0.5, 0.6) is 0 Å². The van der Waals surface area contributed by atoms with Gasteiger partial charge in [0.05, 0.1) is 16.7 Å². The molecule has 0 aromatic carbocycles. The summed E-state index contributed by atoms with van der Waals surface area (Å²) in [6.07, 6.45) is 0. The van der Waals surface area contributed by atoms with Gasteiger partial charge in [-0.1, -0.05) is 0 Å². The average molecular weight is 346 g/mol. The lowest BCUT2D eigenvalue weighted by atomic mass is 10.1. The molecule has 3 aromatic rings. The van der Waals surface area contributed by atoms with Crippen LogP contribution in [0.2, 0.25) is 0 Å². The van der Waals surface area contributed by atoms with Crippen molar-refractivity contribution < 1.29 is 4.79 Å². The summed E-state index contributed by atoms with van der Waals surface area (Å²) in [5, 5.41) is 17.3. The highest BCUT2D eigenvalue weighted by Crippen LogP contribution is 2.22. The fourth-order valence-electron chi connectivity index (χ4n) is 2.47. The molecule has 0 aliphatic rings. The van der Waals surface area contributed by atoms with Crippen molar-refractivity contribution in [1.82, 2.24) is 15.1 Å². The van der Waals surface area contributed by atoms with Crippen molar-refractivity contribution in [3.8, 4) is 0 Å². The van der Waals surface area contributed by atoms with Crippen molar-refractivity contribution >= 4 is 33.7 Å². The van der Waals surface area contributed by atoms with Crippen LogP contribution in [-0.4, -0.2) is 22.4 Å². The number of nitrogens with zero attached hydrogens (tertiary/aromatic N) is 2. The van der Waals surface area contributed by atoms with E-state index in [0.29, 0.717) is 6.54 Å². The summed E-state index contributed by atoms with van der Waals surface area (Å²) in [5.41, 5.74) is 3.21. The Morgan fingerprint density at radius 2 is 2.22 bits per heavy atom. The molecule has 3 heterocycles. The molecule has 1 unspecified atom stereocenters. The second-order valence-corrected chi connectivity index (χ2v) is 6.98.